The Balaban J connectivity index is 1.81. The van der Waals surface area contributed by atoms with E-state index in [-0.39, 0.29) is 17.8 Å². The van der Waals surface area contributed by atoms with Crippen LogP contribution in [-0.4, -0.2) is 31.0 Å². The van der Waals surface area contributed by atoms with Crippen LogP contribution in [0, 0.1) is 6.92 Å². The Hall–Kier alpha value is -3.77. The van der Waals surface area contributed by atoms with Crippen LogP contribution in [0.25, 0.3) is 0 Å². The fraction of sp³-hybridized carbons (Fsp3) is 0.214. The predicted octanol–water partition coefficient (Wildman–Crippen LogP) is 5.77. The standard InChI is InChI=1S/C28H26ClNO5/c1-17-20(29)10-7-11-21(17)30-26(19-13-15-23(34-2)24(16-19)35-3)25(27(32)28(30)33)22(31)14-12-18-8-5-4-6-9-18/h4-11,13,15-16,26,32H,12,14H2,1-3H3. The van der Waals surface area contributed by atoms with Gasteiger partial charge in [0.25, 0.3) is 5.91 Å². The van der Waals surface area contributed by atoms with Gasteiger partial charge in [0.15, 0.2) is 23.0 Å². The lowest BCUT2D eigenvalue weighted by Gasteiger charge is -2.29. The molecule has 0 aromatic heterocycles. The Labute approximate surface area is 209 Å². The third-order valence-electron chi connectivity index (χ3n) is 6.21. The molecule has 180 valence electrons. The number of anilines is 1. The van der Waals surface area contributed by atoms with E-state index in [0.717, 1.165) is 5.56 Å². The number of aliphatic hydroxyl groups excluding tert-OH is 1. The molecule has 1 atom stereocenters. The SMILES string of the molecule is COc1ccc(C2C(C(=O)CCc3ccccc3)=C(O)C(=O)N2c2cccc(Cl)c2C)cc1OC. The molecule has 1 heterocycles. The van der Waals surface area contributed by atoms with E-state index in [4.69, 9.17) is 21.1 Å². The van der Waals surface area contributed by atoms with Crippen LogP contribution in [0.5, 0.6) is 11.5 Å². The minimum Gasteiger partial charge on any atom is -0.503 e. The summed E-state index contributed by atoms with van der Waals surface area (Å²) >= 11 is 6.36. The number of Topliss-reactive ketones (excluding diaryl/α,β-unsaturated/α-hetero) is 1. The van der Waals surface area contributed by atoms with Crippen LogP contribution < -0.4 is 14.4 Å². The second-order valence-corrected chi connectivity index (χ2v) is 8.65. The van der Waals surface area contributed by atoms with E-state index in [0.29, 0.717) is 39.8 Å². The molecule has 7 heteroatoms. The number of ether oxygens (including phenoxy) is 2. The lowest BCUT2D eigenvalue weighted by molar-refractivity contribution is -0.118. The number of carbonyl (C=O) groups excluding carboxylic acids is 2. The van der Waals surface area contributed by atoms with E-state index in [1.54, 1.807) is 43.3 Å². The molecule has 0 spiro atoms. The molecule has 0 radical (unpaired) electrons. The largest absolute Gasteiger partial charge is 0.503 e. The Bertz CT molecular complexity index is 1300. The minimum absolute atomic E-state index is 0.0533. The molecule has 1 N–H and O–H groups in total. The van der Waals surface area contributed by atoms with Gasteiger partial charge in [0, 0.05) is 17.1 Å². The summed E-state index contributed by atoms with van der Waals surface area (Å²) in [6.07, 6.45) is 0.627. The van der Waals surface area contributed by atoms with Crippen molar-refractivity contribution in [3.63, 3.8) is 0 Å². The van der Waals surface area contributed by atoms with E-state index in [9.17, 15) is 14.7 Å². The van der Waals surface area contributed by atoms with Crippen molar-refractivity contribution in [1.82, 2.24) is 0 Å². The van der Waals surface area contributed by atoms with E-state index in [1.807, 2.05) is 30.3 Å². The zero-order valence-electron chi connectivity index (χ0n) is 19.7. The Morgan fingerprint density at radius 1 is 1.00 bits per heavy atom. The molecule has 6 nitrogen and oxygen atoms in total. The van der Waals surface area contributed by atoms with Crippen molar-refractivity contribution < 1.29 is 24.2 Å². The van der Waals surface area contributed by atoms with Gasteiger partial charge >= 0.3 is 0 Å². The molecule has 1 unspecified atom stereocenters. The Morgan fingerprint density at radius 2 is 1.71 bits per heavy atom. The fourth-order valence-corrected chi connectivity index (χ4v) is 4.54. The molecule has 1 amide bonds. The van der Waals surface area contributed by atoms with Gasteiger partial charge in [0.1, 0.15) is 0 Å². The number of benzene rings is 3. The number of aliphatic hydroxyl groups is 1. The van der Waals surface area contributed by atoms with Gasteiger partial charge in [-0.15, -0.1) is 0 Å². The first kappa shape index (κ1) is 24.4. The van der Waals surface area contributed by atoms with E-state index in [1.165, 1.54) is 19.1 Å². The molecule has 35 heavy (non-hydrogen) atoms. The van der Waals surface area contributed by atoms with Gasteiger partial charge in [-0.05, 0) is 54.3 Å². The molecule has 0 bridgehead atoms. The molecule has 3 aromatic carbocycles. The Morgan fingerprint density at radius 3 is 2.40 bits per heavy atom. The summed E-state index contributed by atoms with van der Waals surface area (Å²) in [6, 6.07) is 19.1. The second-order valence-electron chi connectivity index (χ2n) is 8.25. The molecule has 1 aliphatic heterocycles. The smallest absolute Gasteiger partial charge is 0.294 e. The lowest BCUT2D eigenvalue weighted by atomic mass is 9.92. The van der Waals surface area contributed by atoms with Crippen molar-refractivity contribution >= 4 is 29.0 Å². The number of rotatable bonds is 8. The average molecular weight is 492 g/mol. The molecule has 1 aliphatic rings. The van der Waals surface area contributed by atoms with Crippen LogP contribution in [0.2, 0.25) is 5.02 Å². The first-order chi connectivity index (χ1) is 16.9. The summed E-state index contributed by atoms with van der Waals surface area (Å²) in [5.74, 6) is -0.555. The highest BCUT2D eigenvalue weighted by Crippen LogP contribution is 2.45. The number of hydrogen-bond donors (Lipinski definition) is 1. The monoisotopic (exact) mass is 491 g/mol. The number of hydrogen-bond acceptors (Lipinski definition) is 5. The van der Waals surface area contributed by atoms with Crippen LogP contribution in [0.3, 0.4) is 0 Å². The zero-order valence-corrected chi connectivity index (χ0v) is 20.5. The first-order valence-electron chi connectivity index (χ1n) is 11.2. The number of halogens is 1. The molecular weight excluding hydrogens is 466 g/mol. The van der Waals surface area contributed by atoms with Crippen molar-refractivity contribution in [2.24, 2.45) is 0 Å². The van der Waals surface area contributed by atoms with Crippen LogP contribution >= 0.6 is 11.6 Å². The minimum atomic E-state index is -0.859. The maximum atomic E-state index is 13.5. The van der Waals surface area contributed by atoms with E-state index in [2.05, 4.69) is 0 Å². The number of nitrogens with zero attached hydrogens (tertiary/aromatic N) is 1. The van der Waals surface area contributed by atoms with Crippen molar-refractivity contribution in [2.75, 3.05) is 19.1 Å². The third kappa shape index (κ3) is 4.62. The molecular formula is C28H26ClNO5. The van der Waals surface area contributed by atoms with Gasteiger partial charge in [0.05, 0.1) is 25.8 Å². The molecule has 4 rings (SSSR count). The van der Waals surface area contributed by atoms with Gasteiger partial charge in [-0.1, -0.05) is 54.1 Å². The van der Waals surface area contributed by atoms with Crippen molar-refractivity contribution in [1.29, 1.82) is 0 Å². The van der Waals surface area contributed by atoms with Crippen molar-refractivity contribution in [3.8, 4) is 11.5 Å². The summed E-state index contributed by atoms with van der Waals surface area (Å²) in [7, 11) is 3.04. The maximum absolute atomic E-state index is 13.5. The van der Waals surface area contributed by atoms with Crippen LogP contribution in [0.15, 0.2) is 78.1 Å². The Kier molecular flexibility index (Phi) is 7.12. The normalized spacial score (nSPS) is 15.5. The van der Waals surface area contributed by atoms with Gasteiger partial charge in [0.2, 0.25) is 0 Å². The number of carbonyl (C=O) groups is 2. The molecule has 0 saturated carbocycles. The number of aryl methyl sites for hydroxylation is 1. The second kappa shape index (κ2) is 10.2. The summed E-state index contributed by atoms with van der Waals surface area (Å²) in [6.45, 7) is 1.79. The highest BCUT2D eigenvalue weighted by Gasteiger charge is 2.44. The molecule has 3 aromatic rings. The van der Waals surface area contributed by atoms with Crippen LogP contribution in [0.4, 0.5) is 5.69 Å². The fourth-order valence-electron chi connectivity index (χ4n) is 4.37. The summed E-state index contributed by atoms with van der Waals surface area (Å²) in [5, 5.41) is 11.4. The number of methoxy groups -OCH3 is 2. The highest BCUT2D eigenvalue weighted by molar-refractivity contribution is 6.32. The lowest BCUT2D eigenvalue weighted by Crippen LogP contribution is -2.31. The van der Waals surface area contributed by atoms with Crippen LogP contribution in [0.1, 0.15) is 29.2 Å². The highest BCUT2D eigenvalue weighted by atomic mass is 35.5. The zero-order chi connectivity index (χ0) is 25.1. The molecule has 0 fully saturated rings. The molecule has 0 aliphatic carbocycles. The van der Waals surface area contributed by atoms with E-state index >= 15 is 0 Å². The average Bonchev–Trinajstić information content (AvgIpc) is 3.14. The van der Waals surface area contributed by atoms with Gasteiger partial charge in [-0.3, -0.25) is 14.5 Å². The molecule has 0 saturated heterocycles. The quantitative estimate of drug-likeness (QED) is 0.433. The summed E-state index contributed by atoms with van der Waals surface area (Å²) < 4.78 is 10.8. The topological polar surface area (TPSA) is 76.1 Å². The van der Waals surface area contributed by atoms with Crippen molar-refractivity contribution in [3.05, 3.63) is 99.8 Å². The maximum Gasteiger partial charge on any atom is 0.294 e. The summed E-state index contributed by atoms with van der Waals surface area (Å²) in [4.78, 5) is 28.3. The van der Waals surface area contributed by atoms with Gasteiger partial charge in [-0.25, -0.2) is 0 Å². The van der Waals surface area contributed by atoms with E-state index < -0.39 is 17.7 Å². The summed E-state index contributed by atoms with van der Waals surface area (Å²) in [5.41, 5.74) is 2.83. The predicted molar refractivity (Wildman–Crippen MR) is 135 cm³/mol. The van der Waals surface area contributed by atoms with Crippen LogP contribution in [-0.2, 0) is 16.0 Å². The van der Waals surface area contributed by atoms with Gasteiger partial charge in [-0.2, -0.15) is 0 Å². The number of amides is 1. The van der Waals surface area contributed by atoms with Crippen molar-refractivity contribution in [2.45, 2.75) is 25.8 Å². The van der Waals surface area contributed by atoms with Gasteiger partial charge < -0.3 is 14.6 Å². The first-order valence-corrected chi connectivity index (χ1v) is 11.6. The number of ketones is 1. The third-order valence-corrected chi connectivity index (χ3v) is 6.62.